The Morgan fingerprint density at radius 1 is 1.26 bits per heavy atom. The zero-order valence-electron chi connectivity index (χ0n) is 12.5. The Balaban J connectivity index is 1.66. The Bertz CT molecular complexity index is 753. The standard InChI is InChI=1S/C13H16ClN5O3S/c1-10-15-12(14)8-13(16-10)18-3-5-19(6-4-18)23(20,21)9-11-2-7-22-17-11/h2,7-8H,3-6,9H2,1H3. The lowest BCUT2D eigenvalue weighted by molar-refractivity contribution is 0.380. The van der Waals surface area contributed by atoms with Gasteiger partial charge in [0.15, 0.2) is 0 Å². The first kappa shape index (κ1) is 16.2. The molecule has 3 heterocycles. The van der Waals surface area contributed by atoms with Crippen LogP contribution in [-0.4, -0.2) is 54.0 Å². The van der Waals surface area contributed by atoms with Crippen LogP contribution in [0.1, 0.15) is 11.5 Å². The Labute approximate surface area is 139 Å². The van der Waals surface area contributed by atoms with Crippen molar-refractivity contribution in [3.8, 4) is 0 Å². The highest BCUT2D eigenvalue weighted by molar-refractivity contribution is 7.88. The maximum atomic E-state index is 12.4. The molecule has 0 bridgehead atoms. The summed E-state index contributed by atoms with van der Waals surface area (Å²) in [5.74, 6) is 1.16. The second-order valence-corrected chi connectivity index (χ2v) is 7.59. The van der Waals surface area contributed by atoms with Gasteiger partial charge < -0.3 is 9.42 Å². The second-order valence-electron chi connectivity index (χ2n) is 5.23. The third kappa shape index (κ3) is 3.80. The molecule has 1 aliphatic rings. The summed E-state index contributed by atoms with van der Waals surface area (Å²) in [7, 11) is -3.40. The zero-order valence-corrected chi connectivity index (χ0v) is 14.1. The first-order valence-corrected chi connectivity index (χ1v) is 9.06. The SMILES string of the molecule is Cc1nc(Cl)cc(N2CCN(S(=O)(=O)Cc3ccon3)CC2)n1. The average Bonchev–Trinajstić information content (AvgIpc) is 2.98. The number of nitrogens with zero attached hydrogens (tertiary/aromatic N) is 5. The average molecular weight is 358 g/mol. The Hall–Kier alpha value is -1.71. The Kier molecular flexibility index (Phi) is 4.51. The summed E-state index contributed by atoms with van der Waals surface area (Å²) in [6.07, 6.45) is 1.37. The van der Waals surface area contributed by atoms with E-state index >= 15 is 0 Å². The highest BCUT2D eigenvalue weighted by atomic mass is 35.5. The van der Waals surface area contributed by atoms with Gasteiger partial charge in [-0.1, -0.05) is 16.8 Å². The van der Waals surface area contributed by atoms with Crippen molar-refractivity contribution in [3.05, 3.63) is 35.1 Å². The maximum Gasteiger partial charge on any atom is 0.220 e. The quantitative estimate of drug-likeness (QED) is 0.756. The van der Waals surface area contributed by atoms with E-state index in [0.717, 1.165) is 5.82 Å². The van der Waals surface area contributed by atoms with E-state index in [1.807, 2.05) is 4.90 Å². The predicted octanol–water partition coefficient (Wildman–Crippen LogP) is 1.08. The monoisotopic (exact) mass is 357 g/mol. The van der Waals surface area contributed by atoms with Crippen molar-refractivity contribution in [2.45, 2.75) is 12.7 Å². The normalized spacial score (nSPS) is 16.7. The van der Waals surface area contributed by atoms with E-state index in [4.69, 9.17) is 11.6 Å². The fraction of sp³-hybridized carbons (Fsp3) is 0.462. The molecule has 0 aliphatic carbocycles. The van der Waals surface area contributed by atoms with Gasteiger partial charge in [0.05, 0.1) is 5.69 Å². The molecule has 23 heavy (non-hydrogen) atoms. The van der Waals surface area contributed by atoms with Crippen LogP contribution >= 0.6 is 11.6 Å². The third-order valence-electron chi connectivity index (χ3n) is 3.57. The number of halogens is 1. The molecular weight excluding hydrogens is 342 g/mol. The lowest BCUT2D eigenvalue weighted by Gasteiger charge is -2.34. The molecule has 0 amide bonds. The summed E-state index contributed by atoms with van der Waals surface area (Å²) in [6.45, 7) is 3.64. The first-order chi connectivity index (χ1) is 10.9. The number of aromatic nitrogens is 3. The molecule has 0 aromatic carbocycles. The van der Waals surface area contributed by atoms with Crippen LogP contribution in [0.3, 0.4) is 0 Å². The van der Waals surface area contributed by atoms with Gasteiger partial charge in [-0.05, 0) is 6.92 Å². The molecule has 0 saturated carbocycles. The lowest BCUT2D eigenvalue weighted by atomic mass is 10.3. The van der Waals surface area contributed by atoms with Gasteiger partial charge in [-0.25, -0.2) is 18.4 Å². The van der Waals surface area contributed by atoms with Crippen molar-refractivity contribution in [1.82, 2.24) is 19.4 Å². The Morgan fingerprint density at radius 2 is 2.00 bits per heavy atom. The van der Waals surface area contributed by atoms with E-state index in [1.165, 1.54) is 10.6 Å². The van der Waals surface area contributed by atoms with Crippen molar-refractivity contribution in [3.63, 3.8) is 0 Å². The molecule has 0 atom stereocenters. The number of hydrogen-bond acceptors (Lipinski definition) is 7. The number of aryl methyl sites for hydroxylation is 1. The third-order valence-corrected chi connectivity index (χ3v) is 5.58. The predicted molar refractivity (Wildman–Crippen MR) is 84.7 cm³/mol. The van der Waals surface area contributed by atoms with Crippen LogP contribution in [0.15, 0.2) is 22.9 Å². The van der Waals surface area contributed by atoms with Crippen LogP contribution in [0.2, 0.25) is 5.15 Å². The molecule has 0 unspecified atom stereocenters. The van der Waals surface area contributed by atoms with Gasteiger partial charge in [0.1, 0.15) is 28.8 Å². The number of hydrogen-bond donors (Lipinski definition) is 0. The van der Waals surface area contributed by atoms with E-state index in [-0.39, 0.29) is 5.75 Å². The van der Waals surface area contributed by atoms with Crippen LogP contribution in [0.25, 0.3) is 0 Å². The molecule has 1 aliphatic heterocycles. The van der Waals surface area contributed by atoms with E-state index < -0.39 is 10.0 Å². The largest absolute Gasteiger partial charge is 0.364 e. The first-order valence-electron chi connectivity index (χ1n) is 7.07. The minimum atomic E-state index is -3.40. The molecule has 0 N–H and O–H groups in total. The summed E-state index contributed by atoms with van der Waals surface area (Å²) in [6, 6.07) is 3.24. The van der Waals surface area contributed by atoms with Gasteiger partial charge in [0.25, 0.3) is 0 Å². The molecule has 10 heteroatoms. The summed E-state index contributed by atoms with van der Waals surface area (Å²) < 4.78 is 30.9. The van der Waals surface area contributed by atoms with Crippen molar-refractivity contribution in [2.24, 2.45) is 0 Å². The number of piperazine rings is 1. The van der Waals surface area contributed by atoms with Gasteiger partial charge in [-0.3, -0.25) is 0 Å². The molecule has 1 saturated heterocycles. The van der Waals surface area contributed by atoms with Crippen LogP contribution in [0, 0.1) is 6.92 Å². The number of rotatable bonds is 4. The molecule has 124 valence electrons. The van der Waals surface area contributed by atoms with Crippen LogP contribution in [-0.2, 0) is 15.8 Å². The molecule has 8 nitrogen and oxygen atoms in total. The van der Waals surface area contributed by atoms with E-state index in [9.17, 15) is 8.42 Å². The van der Waals surface area contributed by atoms with Crippen LogP contribution in [0.4, 0.5) is 5.82 Å². The summed E-state index contributed by atoms with van der Waals surface area (Å²) in [5.41, 5.74) is 0.408. The highest BCUT2D eigenvalue weighted by Crippen LogP contribution is 2.19. The summed E-state index contributed by atoms with van der Waals surface area (Å²) in [4.78, 5) is 10.4. The van der Waals surface area contributed by atoms with Gasteiger partial charge in [-0.2, -0.15) is 4.31 Å². The number of anilines is 1. The van der Waals surface area contributed by atoms with Gasteiger partial charge >= 0.3 is 0 Å². The molecule has 0 spiro atoms. The van der Waals surface area contributed by atoms with Crippen LogP contribution < -0.4 is 4.90 Å². The molecule has 2 aromatic heterocycles. The number of sulfonamides is 1. The summed E-state index contributed by atoms with van der Waals surface area (Å²) >= 11 is 5.95. The maximum absolute atomic E-state index is 12.4. The minimum Gasteiger partial charge on any atom is -0.364 e. The molecule has 3 rings (SSSR count). The fourth-order valence-corrected chi connectivity index (χ4v) is 4.11. The van der Waals surface area contributed by atoms with E-state index in [1.54, 1.807) is 19.1 Å². The van der Waals surface area contributed by atoms with Gasteiger partial charge in [0, 0.05) is 38.3 Å². The van der Waals surface area contributed by atoms with Gasteiger partial charge in [0.2, 0.25) is 10.0 Å². The van der Waals surface area contributed by atoms with Crippen molar-refractivity contribution in [2.75, 3.05) is 31.1 Å². The molecule has 2 aromatic rings. The van der Waals surface area contributed by atoms with Gasteiger partial charge in [-0.15, -0.1) is 0 Å². The highest BCUT2D eigenvalue weighted by Gasteiger charge is 2.28. The van der Waals surface area contributed by atoms with Crippen LogP contribution in [0.5, 0.6) is 0 Å². The topological polar surface area (TPSA) is 92.4 Å². The van der Waals surface area contributed by atoms with Crippen molar-refractivity contribution in [1.29, 1.82) is 0 Å². The van der Waals surface area contributed by atoms with E-state index in [2.05, 4.69) is 19.6 Å². The smallest absolute Gasteiger partial charge is 0.220 e. The van der Waals surface area contributed by atoms with E-state index in [0.29, 0.717) is 42.9 Å². The molecular formula is C13H16ClN5O3S. The fourth-order valence-electron chi connectivity index (χ4n) is 2.46. The Morgan fingerprint density at radius 3 is 2.61 bits per heavy atom. The zero-order chi connectivity index (χ0) is 16.4. The molecule has 0 radical (unpaired) electrons. The lowest BCUT2D eigenvalue weighted by Crippen LogP contribution is -2.49. The second kappa shape index (κ2) is 6.42. The summed E-state index contributed by atoms with van der Waals surface area (Å²) in [5, 5.41) is 4.04. The van der Waals surface area contributed by atoms with Crippen molar-refractivity contribution >= 4 is 27.4 Å². The molecule has 1 fully saturated rings. The minimum absolute atomic E-state index is 0.151. The van der Waals surface area contributed by atoms with Crippen molar-refractivity contribution < 1.29 is 12.9 Å².